The molecule has 2 saturated heterocycles. The Kier molecular flexibility index (Phi) is 3.06. The third-order valence-electron chi connectivity index (χ3n) is 3.80. The zero-order chi connectivity index (χ0) is 11.1. The zero-order valence-corrected chi connectivity index (χ0v) is 10.5. The van der Waals surface area contributed by atoms with Gasteiger partial charge in [-0.2, -0.15) is 0 Å². The predicted octanol–water partition coefficient (Wildman–Crippen LogP) is 1.19. The molecule has 2 fully saturated rings. The lowest BCUT2D eigenvalue weighted by molar-refractivity contribution is 0.0458. The summed E-state index contributed by atoms with van der Waals surface area (Å²) in [6.07, 6.45) is 1.36. The minimum atomic E-state index is 0.340. The fourth-order valence-electron chi connectivity index (χ4n) is 3.05. The Morgan fingerprint density at radius 1 is 1.20 bits per heavy atom. The van der Waals surface area contributed by atoms with Crippen LogP contribution in [-0.2, 0) is 4.74 Å². The SMILES string of the molecule is COCCN1C[C@@H]2C[C@H]1CN2C(C)(C)C. The predicted molar refractivity (Wildman–Crippen MR) is 62.1 cm³/mol. The van der Waals surface area contributed by atoms with Crippen molar-refractivity contribution in [2.45, 2.75) is 44.8 Å². The van der Waals surface area contributed by atoms with Crippen molar-refractivity contribution in [2.24, 2.45) is 0 Å². The second-order valence-electron chi connectivity index (χ2n) is 5.85. The molecule has 2 heterocycles. The molecule has 2 bridgehead atoms. The molecule has 0 radical (unpaired) electrons. The topological polar surface area (TPSA) is 15.7 Å². The number of likely N-dealkylation sites (tertiary alicyclic amines) is 2. The molecule has 88 valence electrons. The average molecular weight is 212 g/mol. The molecule has 0 amide bonds. The summed E-state index contributed by atoms with van der Waals surface area (Å²) in [6.45, 7) is 11.4. The maximum atomic E-state index is 5.15. The fourth-order valence-corrected chi connectivity index (χ4v) is 3.05. The Hall–Kier alpha value is -0.120. The highest BCUT2D eigenvalue weighted by atomic mass is 16.5. The molecule has 15 heavy (non-hydrogen) atoms. The molecule has 0 aromatic heterocycles. The number of rotatable bonds is 3. The van der Waals surface area contributed by atoms with Crippen LogP contribution in [0.25, 0.3) is 0 Å². The van der Waals surface area contributed by atoms with Crippen LogP contribution >= 0.6 is 0 Å². The van der Waals surface area contributed by atoms with Crippen molar-refractivity contribution < 1.29 is 4.74 Å². The van der Waals surface area contributed by atoms with Gasteiger partial charge in [-0.15, -0.1) is 0 Å². The second-order valence-corrected chi connectivity index (χ2v) is 5.85. The summed E-state index contributed by atoms with van der Waals surface area (Å²) in [5.41, 5.74) is 0.340. The molecule has 3 nitrogen and oxygen atoms in total. The quantitative estimate of drug-likeness (QED) is 0.699. The number of nitrogens with zero attached hydrogens (tertiary/aromatic N) is 2. The van der Waals surface area contributed by atoms with Gasteiger partial charge in [-0.05, 0) is 27.2 Å². The average Bonchev–Trinajstić information content (AvgIpc) is 2.71. The highest BCUT2D eigenvalue weighted by molar-refractivity contribution is 5.03. The van der Waals surface area contributed by atoms with Crippen LogP contribution in [0.5, 0.6) is 0 Å². The number of ether oxygens (including phenoxy) is 1. The van der Waals surface area contributed by atoms with Gasteiger partial charge in [0.05, 0.1) is 6.61 Å². The van der Waals surface area contributed by atoms with E-state index in [-0.39, 0.29) is 0 Å². The van der Waals surface area contributed by atoms with Crippen molar-refractivity contribution in [3.8, 4) is 0 Å². The lowest BCUT2D eigenvalue weighted by atomic mass is 10.0. The van der Waals surface area contributed by atoms with Crippen molar-refractivity contribution in [3.05, 3.63) is 0 Å². The number of fused-ring (bicyclic) bond motifs is 2. The number of piperazine rings is 1. The van der Waals surface area contributed by atoms with E-state index < -0.39 is 0 Å². The van der Waals surface area contributed by atoms with Crippen LogP contribution in [0.2, 0.25) is 0 Å². The van der Waals surface area contributed by atoms with Gasteiger partial charge in [0.25, 0.3) is 0 Å². The molecule has 2 rings (SSSR count). The van der Waals surface area contributed by atoms with E-state index in [1.54, 1.807) is 7.11 Å². The van der Waals surface area contributed by atoms with Crippen LogP contribution in [0.15, 0.2) is 0 Å². The molecule has 2 aliphatic rings. The molecule has 2 atom stereocenters. The van der Waals surface area contributed by atoms with E-state index in [0.29, 0.717) is 5.54 Å². The van der Waals surface area contributed by atoms with Crippen LogP contribution < -0.4 is 0 Å². The van der Waals surface area contributed by atoms with E-state index in [2.05, 4.69) is 30.6 Å². The van der Waals surface area contributed by atoms with Gasteiger partial charge in [-0.1, -0.05) is 0 Å². The van der Waals surface area contributed by atoms with E-state index in [1.807, 2.05) is 0 Å². The molecule has 3 heteroatoms. The van der Waals surface area contributed by atoms with Gasteiger partial charge < -0.3 is 4.74 Å². The van der Waals surface area contributed by atoms with E-state index in [4.69, 9.17) is 4.74 Å². The first-order valence-corrected chi connectivity index (χ1v) is 6.02. The van der Waals surface area contributed by atoms with Crippen LogP contribution in [0.1, 0.15) is 27.2 Å². The van der Waals surface area contributed by atoms with Crippen LogP contribution in [0.3, 0.4) is 0 Å². The normalized spacial score (nSPS) is 32.8. The first kappa shape index (κ1) is 11.4. The van der Waals surface area contributed by atoms with Crippen molar-refractivity contribution in [1.82, 2.24) is 9.80 Å². The molecule has 2 aliphatic heterocycles. The summed E-state index contributed by atoms with van der Waals surface area (Å²) in [5, 5.41) is 0. The van der Waals surface area contributed by atoms with Crippen molar-refractivity contribution >= 4 is 0 Å². The minimum Gasteiger partial charge on any atom is -0.383 e. The molecule has 0 unspecified atom stereocenters. The summed E-state index contributed by atoms with van der Waals surface area (Å²) in [4.78, 5) is 5.26. The van der Waals surface area contributed by atoms with E-state index in [1.165, 1.54) is 19.5 Å². The van der Waals surface area contributed by atoms with Gasteiger partial charge in [0.1, 0.15) is 0 Å². The Bertz CT molecular complexity index is 224. The second kappa shape index (κ2) is 4.04. The molecule has 0 aliphatic carbocycles. The van der Waals surface area contributed by atoms with Crippen LogP contribution in [0, 0.1) is 0 Å². The summed E-state index contributed by atoms with van der Waals surface area (Å²) >= 11 is 0. The molecule has 0 aromatic rings. The van der Waals surface area contributed by atoms with Crippen LogP contribution in [-0.4, -0.2) is 60.8 Å². The van der Waals surface area contributed by atoms with Gasteiger partial charge in [0.15, 0.2) is 0 Å². The Morgan fingerprint density at radius 3 is 2.40 bits per heavy atom. The maximum absolute atomic E-state index is 5.15. The molecule has 0 saturated carbocycles. The minimum absolute atomic E-state index is 0.340. The molecular formula is C12H24N2O. The molecular weight excluding hydrogens is 188 g/mol. The largest absolute Gasteiger partial charge is 0.383 e. The number of methoxy groups -OCH3 is 1. The van der Waals surface area contributed by atoms with Gasteiger partial charge in [0.2, 0.25) is 0 Å². The Morgan fingerprint density at radius 2 is 1.93 bits per heavy atom. The number of hydrogen-bond donors (Lipinski definition) is 0. The smallest absolute Gasteiger partial charge is 0.0589 e. The zero-order valence-electron chi connectivity index (χ0n) is 10.5. The van der Waals surface area contributed by atoms with E-state index in [9.17, 15) is 0 Å². The monoisotopic (exact) mass is 212 g/mol. The third-order valence-corrected chi connectivity index (χ3v) is 3.80. The van der Waals surface area contributed by atoms with Gasteiger partial charge in [-0.3, -0.25) is 9.80 Å². The lowest BCUT2D eigenvalue weighted by Gasteiger charge is -2.42. The van der Waals surface area contributed by atoms with Gasteiger partial charge >= 0.3 is 0 Å². The first-order valence-electron chi connectivity index (χ1n) is 6.02. The van der Waals surface area contributed by atoms with Gasteiger partial charge in [-0.25, -0.2) is 0 Å². The highest BCUT2D eigenvalue weighted by Gasteiger charge is 2.46. The maximum Gasteiger partial charge on any atom is 0.0589 e. The first-order chi connectivity index (χ1) is 7.02. The van der Waals surface area contributed by atoms with Crippen LogP contribution in [0.4, 0.5) is 0 Å². The summed E-state index contributed by atoms with van der Waals surface area (Å²) < 4.78 is 5.15. The summed E-state index contributed by atoms with van der Waals surface area (Å²) in [5.74, 6) is 0. The number of hydrogen-bond acceptors (Lipinski definition) is 3. The van der Waals surface area contributed by atoms with Crippen molar-refractivity contribution in [1.29, 1.82) is 0 Å². The van der Waals surface area contributed by atoms with E-state index >= 15 is 0 Å². The lowest BCUT2D eigenvalue weighted by Crippen LogP contribution is -2.53. The summed E-state index contributed by atoms with van der Waals surface area (Å²) in [7, 11) is 1.79. The Balaban J connectivity index is 1.89. The molecule has 0 aromatic carbocycles. The molecule has 0 spiro atoms. The standard InChI is InChI=1S/C12H24N2O/c1-12(2,3)14-9-10-7-11(14)8-13(10)5-6-15-4/h10-11H,5-9H2,1-4H3/t10-,11-/m0/s1. The molecule has 0 N–H and O–H groups in total. The highest BCUT2D eigenvalue weighted by Crippen LogP contribution is 2.35. The van der Waals surface area contributed by atoms with Gasteiger partial charge in [0, 0.05) is 44.4 Å². The van der Waals surface area contributed by atoms with E-state index in [0.717, 1.165) is 25.2 Å². The van der Waals surface area contributed by atoms with Crippen molar-refractivity contribution in [2.75, 3.05) is 33.4 Å². The summed E-state index contributed by atoms with van der Waals surface area (Å²) in [6, 6.07) is 1.57. The fraction of sp³-hybridized carbons (Fsp3) is 1.00. The Labute approximate surface area is 93.4 Å². The van der Waals surface area contributed by atoms with Crippen molar-refractivity contribution in [3.63, 3.8) is 0 Å². The third kappa shape index (κ3) is 2.19.